The minimum absolute atomic E-state index is 0.111. The summed E-state index contributed by atoms with van der Waals surface area (Å²) < 4.78 is 5.77. The second-order valence-electron chi connectivity index (χ2n) is 5.05. The minimum atomic E-state index is 0.111. The molecule has 1 aliphatic heterocycles. The minimum Gasteiger partial charge on any atom is -0.494 e. The molecule has 20 heavy (non-hydrogen) atoms. The van der Waals surface area contributed by atoms with Gasteiger partial charge in [-0.25, -0.2) is 0 Å². The standard InChI is InChI=1S/C17H23NO2/c19-13-4-1-7-16-8-5-9-17(15-16)20-14-6-12-18-10-2-3-11-18/h5,8-9,15,19H,2-4,6,10-14H2. The molecule has 0 spiro atoms. The van der Waals surface area contributed by atoms with E-state index in [1.807, 2.05) is 24.3 Å². The van der Waals surface area contributed by atoms with Gasteiger partial charge in [-0.3, -0.25) is 0 Å². The average Bonchev–Trinajstić information content (AvgIpc) is 2.98. The van der Waals surface area contributed by atoms with E-state index in [4.69, 9.17) is 9.84 Å². The number of hydrogen-bond donors (Lipinski definition) is 1. The third-order valence-electron chi connectivity index (χ3n) is 3.39. The Morgan fingerprint density at radius 2 is 2.10 bits per heavy atom. The summed E-state index contributed by atoms with van der Waals surface area (Å²) in [6.45, 7) is 4.49. The Morgan fingerprint density at radius 1 is 1.25 bits per heavy atom. The molecule has 0 saturated carbocycles. The third-order valence-corrected chi connectivity index (χ3v) is 3.39. The first kappa shape index (κ1) is 14.9. The van der Waals surface area contributed by atoms with Gasteiger partial charge in [-0.2, -0.15) is 0 Å². The largest absolute Gasteiger partial charge is 0.494 e. The summed E-state index contributed by atoms with van der Waals surface area (Å²) in [4.78, 5) is 2.50. The molecule has 3 heteroatoms. The van der Waals surface area contributed by atoms with Crippen molar-refractivity contribution in [1.29, 1.82) is 0 Å². The summed E-state index contributed by atoms with van der Waals surface area (Å²) in [5.41, 5.74) is 0.940. The van der Waals surface area contributed by atoms with Crippen LogP contribution in [0.15, 0.2) is 24.3 Å². The van der Waals surface area contributed by atoms with Crippen molar-refractivity contribution in [2.75, 3.05) is 32.8 Å². The topological polar surface area (TPSA) is 32.7 Å². The lowest BCUT2D eigenvalue weighted by Gasteiger charge is -2.14. The molecule has 1 aromatic carbocycles. The van der Waals surface area contributed by atoms with Crippen LogP contribution in [0.3, 0.4) is 0 Å². The van der Waals surface area contributed by atoms with E-state index in [1.165, 1.54) is 25.9 Å². The van der Waals surface area contributed by atoms with Crippen molar-refractivity contribution >= 4 is 0 Å². The van der Waals surface area contributed by atoms with Crippen LogP contribution < -0.4 is 4.74 Å². The van der Waals surface area contributed by atoms with Crippen LogP contribution in [-0.4, -0.2) is 42.9 Å². The van der Waals surface area contributed by atoms with E-state index in [0.717, 1.165) is 30.9 Å². The molecule has 1 saturated heterocycles. The molecule has 1 fully saturated rings. The zero-order chi connectivity index (χ0) is 14.0. The number of hydrogen-bond acceptors (Lipinski definition) is 3. The van der Waals surface area contributed by atoms with Crippen LogP contribution in [0.4, 0.5) is 0 Å². The highest BCUT2D eigenvalue weighted by Gasteiger charge is 2.10. The van der Waals surface area contributed by atoms with Crippen LogP contribution in [0.5, 0.6) is 5.75 Å². The van der Waals surface area contributed by atoms with Crippen LogP contribution in [0.25, 0.3) is 0 Å². The molecule has 0 unspecified atom stereocenters. The second-order valence-corrected chi connectivity index (χ2v) is 5.05. The van der Waals surface area contributed by atoms with Gasteiger partial charge in [0.15, 0.2) is 0 Å². The molecule has 3 nitrogen and oxygen atoms in total. The molecular formula is C17H23NO2. The van der Waals surface area contributed by atoms with Crippen LogP contribution in [0, 0.1) is 11.8 Å². The Hall–Kier alpha value is -1.50. The maximum atomic E-state index is 8.70. The summed E-state index contributed by atoms with van der Waals surface area (Å²) in [5.74, 6) is 6.82. The quantitative estimate of drug-likeness (QED) is 0.637. The highest BCUT2D eigenvalue weighted by Crippen LogP contribution is 2.13. The maximum Gasteiger partial charge on any atom is 0.120 e. The number of likely N-dealkylation sites (tertiary alicyclic amines) is 1. The van der Waals surface area contributed by atoms with Crippen molar-refractivity contribution < 1.29 is 9.84 Å². The fourth-order valence-corrected chi connectivity index (χ4v) is 2.37. The molecule has 0 aliphatic carbocycles. The van der Waals surface area contributed by atoms with Crippen LogP contribution in [0.1, 0.15) is 31.2 Å². The van der Waals surface area contributed by atoms with E-state index in [-0.39, 0.29) is 6.61 Å². The van der Waals surface area contributed by atoms with Crippen molar-refractivity contribution in [1.82, 2.24) is 4.90 Å². The Morgan fingerprint density at radius 3 is 2.90 bits per heavy atom. The summed E-state index contributed by atoms with van der Waals surface area (Å²) >= 11 is 0. The molecule has 0 radical (unpaired) electrons. The van der Waals surface area contributed by atoms with Gasteiger partial charge in [-0.05, 0) is 50.6 Å². The number of aliphatic hydroxyl groups is 1. The number of nitrogens with zero attached hydrogens (tertiary/aromatic N) is 1. The first-order chi connectivity index (χ1) is 9.88. The van der Waals surface area contributed by atoms with E-state index in [9.17, 15) is 0 Å². The van der Waals surface area contributed by atoms with Gasteiger partial charge in [0.05, 0.1) is 13.2 Å². The molecule has 0 amide bonds. The van der Waals surface area contributed by atoms with Gasteiger partial charge in [0.2, 0.25) is 0 Å². The van der Waals surface area contributed by atoms with Gasteiger partial charge < -0.3 is 14.7 Å². The smallest absolute Gasteiger partial charge is 0.120 e. The Labute approximate surface area is 121 Å². The summed E-state index contributed by atoms with van der Waals surface area (Å²) in [5, 5.41) is 8.70. The van der Waals surface area contributed by atoms with Crippen LogP contribution in [0.2, 0.25) is 0 Å². The zero-order valence-corrected chi connectivity index (χ0v) is 12.0. The highest BCUT2D eigenvalue weighted by molar-refractivity contribution is 5.39. The van der Waals surface area contributed by atoms with Gasteiger partial charge in [0.25, 0.3) is 0 Å². The van der Waals surface area contributed by atoms with E-state index in [0.29, 0.717) is 6.42 Å². The van der Waals surface area contributed by atoms with Crippen molar-refractivity contribution in [3.05, 3.63) is 29.8 Å². The average molecular weight is 273 g/mol. The van der Waals surface area contributed by atoms with Gasteiger partial charge in [-0.1, -0.05) is 17.9 Å². The monoisotopic (exact) mass is 273 g/mol. The van der Waals surface area contributed by atoms with Gasteiger partial charge >= 0.3 is 0 Å². The Kier molecular flexibility index (Phi) is 6.43. The number of aliphatic hydroxyl groups excluding tert-OH is 1. The van der Waals surface area contributed by atoms with Gasteiger partial charge in [0.1, 0.15) is 5.75 Å². The summed E-state index contributed by atoms with van der Waals surface area (Å²) in [6, 6.07) is 7.84. The lowest BCUT2D eigenvalue weighted by Crippen LogP contribution is -2.21. The molecule has 1 aromatic rings. The fourth-order valence-electron chi connectivity index (χ4n) is 2.37. The van der Waals surface area contributed by atoms with E-state index < -0.39 is 0 Å². The maximum absolute atomic E-state index is 8.70. The molecule has 1 N–H and O–H groups in total. The third kappa shape index (κ3) is 5.24. The van der Waals surface area contributed by atoms with Crippen LogP contribution in [-0.2, 0) is 0 Å². The molecule has 0 aromatic heterocycles. The van der Waals surface area contributed by atoms with E-state index in [2.05, 4.69) is 16.7 Å². The number of rotatable bonds is 6. The van der Waals surface area contributed by atoms with Crippen LogP contribution >= 0.6 is 0 Å². The van der Waals surface area contributed by atoms with Crippen molar-refractivity contribution in [2.24, 2.45) is 0 Å². The number of benzene rings is 1. The van der Waals surface area contributed by atoms with Gasteiger partial charge in [0, 0.05) is 18.5 Å². The lowest BCUT2D eigenvalue weighted by molar-refractivity contribution is 0.263. The van der Waals surface area contributed by atoms with Crippen molar-refractivity contribution in [2.45, 2.75) is 25.7 Å². The SMILES string of the molecule is OCCC#Cc1cccc(OCCCN2CCCC2)c1. The Balaban J connectivity index is 1.72. The fraction of sp³-hybridized carbons (Fsp3) is 0.529. The zero-order valence-electron chi connectivity index (χ0n) is 12.0. The molecule has 108 valence electrons. The molecule has 1 aliphatic rings. The second kappa shape index (κ2) is 8.63. The Bertz CT molecular complexity index is 456. The van der Waals surface area contributed by atoms with E-state index in [1.54, 1.807) is 0 Å². The molecule has 1 heterocycles. The summed E-state index contributed by atoms with van der Waals surface area (Å²) in [7, 11) is 0. The lowest BCUT2D eigenvalue weighted by atomic mass is 10.2. The van der Waals surface area contributed by atoms with Crippen molar-refractivity contribution in [3.63, 3.8) is 0 Å². The molecule has 2 rings (SSSR count). The summed E-state index contributed by atoms with van der Waals surface area (Å²) in [6.07, 6.45) is 4.27. The predicted octanol–water partition coefficient (Wildman–Crippen LogP) is 2.29. The molecular weight excluding hydrogens is 250 g/mol. The van der Waals surface area contributed by atoms with Gasteiger partial charge in [-0.15, -0.1) is 0 Å². The normalized spacial score (nSPS) is 14.8. The molecule has 0 atom stereocenters. The first-order valence-electron chi connectivity index (χ1n) is 7.43. The van der Waals surface area contributed by atoms with Crippen molar-refractivity contribution in [3.8, 4) is 17.6 Å². The van der Waals surface area contributed by atoms with E-state index >= 15 is 0 Å². The first-order valence-corrected chi connectivity index (χ1v) is 7.43. The highest BCUT2D eigenvalue weighted by atomic mass is 16.5. The number of ether oxygens (including phenoxy) is 1. The molecule has 0 bridgehead atoms. The predicted molar refractivity (Wildman–Crippen MR) is 80.8 cm³/mol.